The largest absolute Gasteiger partial charge is 0.467 e. The van der Waals surface area contributed by atoms with Crippen LogP contribution in [0.15, 0.2) is 0 Å². The Labute approximate surface area is 119 Å². The Balaban J connectivity index is 2.78. The number of rotatable bonds is 5. The van der Waals surface area contributed by atoms with Gasteiger partial charge in [0.1, 0.15) is 6.04 Å². The van der Waals surface area contributed by atoms with Gasteiger partial charge in [0.25, 0.3) is 0 Å². The quantitative estimate of drug-likeness (QED) is 0.814. The smallest absolute Gasteiger partial charge is 0.328 e. The summed E-state index contributed by atoms with van der Waals surface area (Å²) in [5.74, 6) is -0.649. The van der Waals surface area contributed by atoms with Crippen molar-refractivity contribution in [3.63, 3.8) is 0 Å². The Kier molecular flexibility index (Phi) is 5.30. The highest BCUT2D eigenvalue weighted by Crippen LogP contribution is 2.13. The number of hydrogen-bond donors (Lipinski definition) is 1. The van der Waals surface area contributed by atoms with Gasteiger partial charge in [-0.05, 0) is 19.8 Å². The molecule has 1 atom stereocenters. The fourth-order valence-corrected chi connectivity index (χ4v) is 2.08. The van der Waals surface area contributed by atoms with Crippen molar-refractivity contribution >= 4 is 11.9 Å². The molecular weight excluding hydrogens is 258 g/mol. The molecule has 0 aliphatic rings. The standard InChI is InChI=1S/C14H23N3O3/c1-8(2)13(14(19)20-6)15-12(18)7-11-9(3)16-17(5)10(11)4/h8,13H,7H2,1-6H3,(H,15,18). The first-order valence-corrected chi connectivity index (χ1v) is 6.64. The van der Waals surface area contributed by atoms with Crippen LogP contribution in [0.2, 0.25) is 0 Å². The van der Waals surface area contributed by atoms with Crippen LogP contribution in [0.5, 0.6) is 0 Å². The first-order valence-electron chi connectivity index (χ1n) is 6.64. The molecule has 0 aliphatic heterocycles. The van der Waals surface area contributed by atoms with Gasteiger partial charge >= 0.3 is 5.97 Å². The number of ether oxygens (including phenoxy) is 1. The lowest BCUT2D eigenvalue weighted by atomic mass is 10.0. The average molecular weight is 281 g/mol. The van der Waals surface area contributed by atoms with Crippen LogP contribution >= 0.6 is 0 Å². The summed E-state index contributed by atoms with van der Waals surface area (Å²) in [6.45, 7) is 7.52. The summed E-state index contributed by atoms with van der Waals surface area (Å²) < 4.78 is 6.45. The molecule has 112 valence electrons. The zero-order valence-electron chi connectivity index (χ0n) is 13.0. The van der Waals surface area contributed by atoms with E-state index in [0.29, 0.717) is 0 Å². The normalized spacial score (nSPS) is 12.3. The fourth-order valence-electron chi connectivity index (χ4n) is 2.08. The number of hydrogen-bond acceptors (Lipinski definition) is 4. The Morgan fingerprint density at radius 2 is 1.95 bits per heavy atom. The molecule has 1 aromatic heterocycles. The number of aromatic nitrogens is 2. The first kappa shape index (κ1) is 16.2. The minimum absolute atomic E-state index is 0.0255. The molecule has 0 saturated carbocycles. The zero-order chi connectivity index (χ0) is 15.4. The molecule has 1 N–H and O–H groups in total. The highest BCUT2D eigenvalue weighted by Gasteiger charge is 2.25. The molecule has 0 aliphatic carbocycles. The summed E-state index contributed by atoms with van der Waals surface area (Å²) >= 11 is 0. The zero-order valence-corrected chi connectivity index (χ0v) is 13.0. The Morgan fingerprint density at radius 3 is 2.35 bits per heavy atom. The van der Waals surface area contributed by atoms with Crippen LogP contribution < -0.4 is 5.32 Å². The minimum Gasteiger partial charge on any atom is -0.467 e. The maximum atomic E-state index is 12.1. The van der Waals surface area contributed by atoms with Gasteiger partial charge in [0.15, 0.2) is 0 Å². The summed E-state index contributed by atoms with van der Waals surface area (Å²) in [6.07, 6.45) is 0.214. The van der Waals surface area contributed by atoms with Gasteiger partial charge in [0.2, 0.25) is 5.91 Å². The molecule has 6 nitrogen and oxygen atoms in total. The molecule has 0 spiro atoms. The summed E-state index contributed by atoms with van der Waals surface area (Å²) in [4.78, 5) is 23.7. The first-order chi connectivity index (χ1) is 9.27. The van der Waals surface area contributed by atoms with E-state index < -0.39 is 12.0 Å². The van der Waals surface area contributed by atoms with Crippen molar-refractivity contribution in [1.82, 2.24) is 15.1 Å². The van der Waals surface area contributed by atoms with E-state index in [2.05, 4.69) is 10.4 Å². The third-order valence-electron chi connectivity index (χ3n) is 3.43. The number of amides is 1. The van der Waals surface area contributed by atoms with E-state index in [0.717, 1.165) is 17.0 Å². The molecule has 1 unspecified atom stereocenters. The van der Waals surface area contributed by atoms with Crippen molar-refractivity contribution in [2.45, 2.75) is 40.2 Å². The number of aryl methyl sites for hydroxylation is 2. The lowest BCUT2D eigenvalue weighted by Gasteiger charge is -2.19. The van der Waals surface area contributed by atoms with Crippen LogP contribution in [-0.2, 0) is 27.8 Å². The van der Waals surface area contributed by atoms with Crippen molar-refractivity contribution in [2.75, 3.05) is 7.11 Å². The molecule has 1 heterocycles. The second kappa shape index (κ2) is 6.54. The highest BCUT2D eigenvalue weighted by molar-refractivity contribution is 5.86. The van der Waals surface area contributed by atoms with Gasteiger partial charge in [0, 0.05) is 18.3 Å². The maximum absolute atomic E-state index is 12.1. The molecule has 0 radical (unpaired) electrons. The number of carbonyl (C=O) groups excluding carboxylic acids is 2. The van der Waals surface area contributed by atoms with E-state index in [1.54, 1.807) is 4.68 Å². The van der Waals surface area contributed by atoms with Crippen molar-refractivity contribution < 1.29 is 14.3 Å². The number of carbonyl (C=O) groups is 2. The van der Waals surface area contributed by atoms with Gasteiger partial charge in [-0.2, -0.15) is 5.10 Å². The van der Waals surface area contributed by atoms with Crippen molar-refractivity contribution in [2.24, 2.45) is 13.0 Å². The SMILES string of the molecule is COC(=O)C(NC(=O)Cc1c(C)nn(C)c1C)C(C)C. The molecule has 1 aromatic rings. The number of methoxy groups -OCH3 is 1. The summed E-state index contributed by atoms with van der Waals surface area (Å²) in [5.41, 5.74) is 2.69. The van der Waals surface area contributed by atoms with Gasteiger partial charge in [0.05, 0.1) is 19.2 Å². The molecule has 6 heteroatoms. The van der Waals surface area contributed by atoms with Crippen LogP contribution in [0.4, 0.5) is 0 Å². The molecule has 20 heavy (non-hydrogen) atoms. The van der Waals surface area contributed by atoms with Crippen LogP contribution in [0.25, 0.3) is 0 Å². The van der Waals surface area contributed by atoms with E-state index in [4.69, 9.17) is 4.74 Å². The average Bonchev–Trinajstić information content (AvgIpc) is 2.61. The summed E-state index contributed by atoms with van der Waals surface area (Å²) in [7, 11) is 3.16. The predicted octanol–water partition coefficient (Wildman–Crippen LogP) is 0.893. The third kappa shape index (κ3) is 3.59. The van der Waals surface area contributed by atoms with Gasteiger partial charge in [-0.3, -0.25) is 9.48 Å². The predicted molar refractivity (Wildman–Crippen MR) is 75.2 cm³/mol. The molecule has 0 fully saturated rings. The van der Waals surface area contributed by atoms with Gasteiger partial charge in [-0.25, -0.2) is 4.79 Å². The monoisotopic (exact) mass is 281 g/mol. The van der Waals surface area contributed by atoms with Crippen molar-refractivity contribution in [1.29, 1.82) is 0 Å². The van der Waals surface area contributed by atoms with Crippen LogP contribution in [-0.4, -0.2) is 34.8 Å². The summed E-state index contributed by atoms with van der Waals surface area (Å²) in [5, 5.41) is 7.00. The van der Waals surface area contributed by atoms with Crippen molar-refractivity contribution in [3.8, 4) is 0 Å². The Morgan fingerprint density at radius 1 is 1.35 bits per heavy atom. The molecule has 0 bridgehead atoms. The second-order valence-corrected chi connectivity index (χ2v) is 5.26. The van der Waals surface area contributed by atoms with Gasteiger partial charge in [-0.15, -0.1) is 0 Å². The number of nitrogens with zero attached hydrogens (tertiary/aromatic N) is 2. The molecule has 1 rings (SSSR count). The van der Waals surface area contributed by atoms with Crippen LogP contribution in [0, 0.1) is 19.8 Å². The lowest BCUT2D eigenvalue weighted by Crippen LogP contribution is -2.45. The fraction of sp³-hybridized carbons (Fsp3) is 0.643. The van der Waals surface area contributed by atoms with Crippen LogP contribution in [0.1, 0.15) is 30.8 Å². The van der Waals surface area contributed by atoms with Crippen molar-refractivity contribution in [3.05, 3.63) is 17.0 Å². The third-order valence-corrected chi connectivity index (χ3v) is 3.43. The van der Waals surface area contributed by atoms with E-state index in [1.807, 2.05) is 34.7 Å². The topological polar surface area (TPSA) is 73.2 Å². The maximum Gasteiger partial charge on any atom is 0.328 e. The lowest BCUT2D eigenvalue weighted by molar-refractivity contribution is -0.146. The van der Waals surface area contributed by atoms with Gasteiger partial charge < -0.3 is 10.1 Å². The molecule has 1 amide bonds. The van der Waals surface area contributed by atoms with E-state index >= 15 is 0 Å². The number of nitrogens with one attached hydrogen (secondary N) is 1. The van der Waals surface area contributed by atoms with E-state index in [-0.39, 0.29) is 18.2 Å². The number of esters is 1. The van der Waals surface area contributed by atoms with E-state index in [1.165, 1.54) is 7.11 Å². The second-order valence-electron chi connectivity index (χ2n) is 5.26. The van der Waals surface area contributed by atoms with E-state index in [9.17, 15) is 9.59 Å². The highest BCUT2D eigenvalue weighted by atomic mass is 16.5. The molecule has 0 aromatic carbocycles. The molecular formula is C14H23N3O3. The van der Waals surface area contributed by atoms with Gasteiger partial charge in [-0.1, -0.05) is 13.8 Å². The van der Waals surface area contributed by atoms with Crippen LogP contribution in [0.3, 0.4) is 0 Å². The Bertz CT molecular complexity index is 506. The Hall–Kier alpha value is -1.85. The summed E-state index contributed by atoms with van der Waals surface area (Å²) in [6, 6.07) is -0.621. The minimum atomic E-state index is -0.621. The molecule has 0 saturated heterocycles.